The molecule has 2 aromatic heterocycles. The Labute approximate surface area is 121 Å². The van der Waals surface area contributed by atoms with E-state index in [1.165, 1.54) is 12.4 Å². The number of benzene rings is 1. The van der Waals surface area contributed by atoms with E-state index in [1.54, 1.807) is 6.20 Å². The lowest BCUT2D eigenvalue weighted by molar-refractivity contribution is 0.104. The van der Waals surface area contributed by atoms with Gasteiger partial charge in [0.05, 0.1) is 10.9 Å². The summed E-state index contributed by atoms with van der Waals surface area (Å²) >= 11 is 0. The van der Waals surface area contributed by atoms with Gasteiger partial charge in [-0.25, -0.2) is 9.97 Å². The Bertz CT molecular complexity index is 794. The van der Waals surface area contributed by atoms with Crippen LogP contribution in [-0.2, 0) is 6.61 Å². The zero-order valence-electron chi connectivity index (χ0n) is 11.2. The number of ether oxygens (including phenoxy) is 1. The van der Waals surface area contributed by atoms with Crippen molar-refractivity contribution < 1.29 is 9.53 Å². The van der Waals surface area contributed by atoms with Gasteiger partial charge in [-0.1, -0.05) is 36.9 Å². The van der Waals surface area contributed by atoms with Crippen molar-refractivity contribution in [2.45, 2.75) is 6.61 Å². The summed E-state index contributed by atoms with van der Waals surface area (Å²) in [7, 11) is 0. The van der Waals surface area contributed by atoms with Gasteiger partial charge >= 0.3 is 0 Å². The van der Waals surface area contributed by atoms with E-state index in [9.17, 15) is 4.79 Å². The Morgan fingerprint density at radius 2 is 2.10 bits per heavy atom. The van der Waals surface area contributed by atoms with Crippen LogP contribution in [0, 0.1) is 0 Å². The van der Waals surface area contributed by atoms with Crippen LogP contribution in [0.15, 0.2) is 55.5 Å². The number of aromatic nitrogens is 3. The minimum Gasteiger partial charge on any atom is -0.472 e. The molecule has 2 heterocycles. The van der Waals surface area contributed by atoms with Crippen molar-refractivity contribution in [2.24, 2.45) is 0 Å². The number of fused-ring (bicyclic) bond motifs is 1. The average molecular weight is 279 g/mol. The second-order valence-electron chi connectivity index (χ2n) is 4.45. The van der Waals surface area contributed by atoms with E-state index in [1.807, 2.05) is 30.3 Å². The maximum Gasteiger partial charge on any atom is 0.227 e. The summed E-state index contributed by atoms with van der Waals surface area (Å²) in [5.41, 5.74) is 2.05. The van der Waals surface area contributed by atoms with Crippen LogP contribution in [0.5, 0.6) is 5.88 Å². The number of ketones is 1. The van der Waals surface area contributed by atoms with Crippen molar-refractivity contribution >= 4 is 16.8 Å². The molecule has 0 aliphatic rings. The zero-order valence-corrected chi connectivity index (χ0v) is 11.2. The molecule has 21 heavy (non-hydrogen) atoms. The smallest absolute Gasteiger partial charge is 0.227 e. The van der Waals surface area contributed by atoms with Gasteiger partial charge in [0.25, 0.3) is 0 Å². The van der Waals surface area contributed by atoms with E-state index in [4.69, 9.17) is 4.74 Å². The third-order valence-corrected chi connectivity index (χ3v) is 3.10. The van der Waals surface area contributed by atoms with Crippen LogP contribution in [0.3, 0.4) is 0 Å². The van der Waals surface area contributed by atoms with Gasteiger partial charge in [-0.15, -0.1) is 0 Å². The number of nitrogens with one attached hydrogen (secondary N) is 1. The maximum absolute atomic E-state index is 11.9. The molecule has 0 amide bonds. The molecular weight excluding hydrogens is 266 g/mol. The molecule has 0 spiro atoms. The number of rotatable bonds is 5. The fourth-order valence-corrected chi connectivity index (χ4v) is 2.07. The number of aromatic amines is 1. The van der Waals surface area contributed by atoms with Gasteiger partial charge in [0.15, 0.2) is 5.78 Å². The van der Waals surface area contributed by atoms with Gasteiger partial charge in [0.2, 0.25) is 5.88 Å². The summed E-state index contributed by atoms with van der Waals surface area (Å²) in [4.78, 5) is 23.0. The quantitative estimate of drug-likeness (QED) is 0.576. The molecule has 0 saturated heterocycles. The fourth-order valence-electron chi connectivity index (χ4n) is 2.07. The number of allylic oxidation sites excluding steroid dienone is 1. The Morgan fingerprint density at radius 3 is 2.86 bits per heavy atom. The highest BCUT2D eigenvalue weighted by Gasteiger charge is 2.16. The summed E-state index contributed by atoms with van der Waals surface area (Å²) in [5, 5.41) is 0.582. The molecule has 104 valence electrons. The third kappa shape index (κ3) is 2.53. The third-order valence-electron chi connectivity index (χ3n) is 3.10. The molecule has 0 aliphatic heterocycles. The lowest BCUT2D eigenvalue weighted by Gasteiger charge is -2.06. The van der Waals surface area contributed by atoms with E-state index in [0.29, 0.717) is 29.1 Å². The molecule has 1 aromatic carbocycles. The second-order valence-corrected chi connectivity index (χ2v) is 4.45. The zero-order chi connectivity index (χ0) is 14.7. The molecule has 0 unspecified atom stereocenters. The molecule has 0 radical (unpaired) electrons. The van der Waals surface area contributed by atoms with Gasteiger partial charge in [0, 0.05) is 6.20 Å². The van der Waals surface area contributed by atoms with Crippen molar-refractivity contribution in [3.63, 3.8) is 0 Å². The van der Waals surface area contributed by atoms with E-state index in [0.717, 1.165) is 5.56 Å². The predicted octanol–water partition coefficient (Wildman–Crippen LogP) is 2.91. The minimum atomic E-state index is -0.194. The molecule has 0 saturated carbocycles. The summed E-state index contributed by atoms with van der Waals surface area (Å²) < 4.78 is 5.74. The molecule has 1 N–H and O–H groups in total. The highest BCUT2D eigenvalue weighted by Crippen LogP contribution is 2.26. The van der Waals surface area contributed by atoms with Crippen LogP contribution in [0.2, 0.25) is 0 Å². The molecule has 0 fully saturated rings. The summed E-state index contributed by atoms with van der Waals surface area (Å²) in [6, 6.07) is 9.75. The van der Waals surface area contributed by atoms with Crippen LogP contribution < -0.4 is 4.74 Å². The standard InChI is InChI=1S/C16H13N3O2/c1-2-13(20)12-8-17-15-14(12)16(19-10-18-15)21-9-11-6-4-3-5-7-11/h2-8,10H,1,9H2,(H,17,18,19). The van der Waals surface area contributed by atoms with E-state index in [2.05, 4.69) is 21.5 Å². The largest absolute Gasteiger partial charge is 0.472 e. The highest BCUT2D eigenvalue weighted by molar-refractivity contribution is 6.13. The van der Waals surface area contributed by atoms with Crippen LogP contribution >= 0.6 is 0 Å². The number of nitrogens with zero attached hydrogens (tertiary/aromatic N) is 2. The lowest BCUT2D eigenvalue weighted by atomic mass is 10.1. The van der Waals surface area contributed by atoms with Crippen LogP contribution in [0.1, 0.15) is 15.9 Å². The lowest BCUT2D eigenvalue weighted by Crippen LogP contribution is -2.00. The normalized spacial score (nSPS) is 10.5. The summed E-state index contributed by atoms with van der Waals surface area (Å²) in [6.07, 6.45) is 4.26. The van der Waals surface area contributed by atoms with Crippen molar-refractivity contribution in [2.75, 3.05) is 0 Å². The van der Waals surface area contributed by atoms with E-state index in [-0.39, 0.29) is 5.78 Å². The van der Waals surface area contributed by atoms with Crippen LogP contribution in [-0.4, -0.2) is 20.7 Å². The number of carbonyl (C=O) groups is 1. The molecule has 0 atom stereocenters. The predicted molar refractivity (Wildman–Crippen MR) is 79.2 cm³/mol. The molecule has 3 aromatic rings. The van der Waals surface area contributed by atoms with Gasteiger partial charge < -0.3 is 9.72 Å². The Morgan fingerprint density at radius 1 is 1.29 bits per heavy atom. The molecule has 0 aliphatic carbocycles. The Kier molecular flexibility index (Phi) is 3.47. The van der Waals surface area contributed by atoms with Crippen LogP contribution in [0.4, 0.5) is 0 Å². The van der Waals surface area contributed by atoms with E-state index < -0.39 is 0 Å². The molecule has 3 rings (SSSR count). The van der Waals surface area contributed by atoms with Gasteiger partial charge in [-0.2, -0.15) is 0 Å². The number of carbonyl (C=O) groups excluding carboxylic acids is 1. The van der Waals surface area contributed by atoms with Gasteiger partial charge in [-0.3, -0.25) is 4.79 Å². The first kappa shape index (κ1) is 13.1. The maximum atomic E-state index is 11.9. The summed E-state index contributed by atoms with van der Waals surface area (Å²) in [6.45, 7) is 3.88. The Hall–Kier alpha value is -2.95. The minimum absolute atomic E-state index is 0.194. The number of H-pyrrole nitrogens is 1. The van der Waals surface area contributed by atoms with Crippen LogP contribution in [0.25, 0.3) is 11.0 Å². The molecule has 0 bridgehead atoms. The second kappa shape index (κ2) is 5.58. The highest BCUT2D eigenvalue weighted by atomic mass is 16.5. The van der Waals surface area contributed by atoms with Crippen molar-refractivity contribution in [3.05, 3.63) is 66.6 Å². The van der Waals surface area contributed by atoms with Crippen molar-refractivity contribution in [1.29, 1.82) is 0 Å². The average Bonchev–Trinajstić information content (AvgIpc) is 2.98. The monoisotopic (exact) mass is 279 g/mol. The number of hydrogen-bond donors (Lipinski definition) is 1. The number of hydrogen-bond acceptors (Lipinski definition) is 4. The molecular formula is C16H13N3O2. The Balaban J connectivity index is 1.96. The first-order valence-corrected chi connectivity index (χ1v) is 6.45. The van der Waals surface area contributed by atoms with Crippen molar-refractivity contribution in [3.8, 4) is 5.88 Å². The summed E-state index contributed by atoms with van der Waals surface area (Å²) in [5.74, 6) is 0.191. The fraction of sp³-hybridized carbons (Fsp3) is 0.0625. The van der Waals surface area contributed by atoms with Gasteiger partial charge in [-0.05, 0) is 11.6 Å². The molecule has 5 heteroatoms. The topological polar surface area (TPSA) is 67.9 Å². The SMILES string of the molecule is C=CC(=O)c1c[nH]c2ncnc(OCc3ccccc3)c12. The van der Waals surface area contributed by atoms with E-state index >= 15 is 0 Å². The first-order chi connectivity index (χ1) is 10.3. The van der Waals surface area contributed by atoms with Gasteiger partial charge in [0.1, 0.15) is 18.6 Å². The van der Waals surface area contributed by atoms with Crippen molar-refractivity contribution in [1.82, 2.24) is 15.0 Å². The first-order valence-electron chi connectivity index (χ1n) is 6.45. The molecule has 5 nitrogen and oxygen atoms in total.